The van der Waals surface area contributed by atoms with Crippen LogP contribution in [-0.4, -0.2) is 7.05 Å². The lowest BCUT2D eigenvalue weighted by molar-refractivity contribution is 0.598. The minimum atomic E-state index is -0.409. The van der Waals surface area contributed by atoms with Crippen LogP contribution in [0.25, 0.3) is 0 Å². The molecule has 1 aliphatic heterocycles. The number of hydrogen-bond acceptors (Lipinski definition) is 1. The molecular formula is C28H30BrF2N. The van der Waals surface area contributed by atoms with E-state index in [-0.39, 0.29) is 17.0 Å². The maximum absolute atomic E-state index is 13.8. The van der Waals surface area contributed by atoms with Crippen LogP contribution in [0, 0.1) is 18.6 Å². The van der Waals surface area contributed by atoms with Crippen LogP contribution in [0.4, 0.5) is 14.5 Å². The standard InChI is InChI=1S/C28H30BrF2N/c1-18-8-12-21(30)16-23(18)27(3,4)19(2)9-10-20(29)11-15-26-28(5,6)24-17-22(31)13-14-25(24)32(26)7/h8-17H,2H2,1,3-7H3/b10-9+,20-11-,26-15+. The summed E-state index contributed by atoms with van der Waals surface area (Å²) < 4.78 is 28.5. The number of hydrogen-bond donors (Lipinski definition) is 0. The first-order chi connectivity index (χ1) is 14.9. The molecule has 0 aliphatic carbocycles. The lowest BCUT2D eigenvalue weighted by Crippen LogP contribution is -2.22. The van der Waals surface area contributed by atoms with E-state index in [9.17, 15) is 8.78 Å². The van der Waals surface area contributed by atoms with Gasteiger partial charge in [0.05, 0.1) is 0 Å². The van der Waals surface area contributed by atoms with Crippen molar-refractivity contribution in [3.63, 3.8) is 0 Å². The molecule has 0 atom stereocenters. The molecule has 2 aromatic carbocycles. The normalized spacial score (nSPS) is 17.3. The van der Waals surface area contributed by atoms with E-state index in [0.717, 1.165) is 38.1 Å². The van der Waals surface area contributed by atoms with Crippen LogP contribution >= 0.6 is 15.9 Å². The molecule has 0 saturated carbocycles. The largest absolute Gasteiger partial charge is 0.347 e. The van der Waals surface area contributed by atoms with Crippen molar-refractivity contribution in [2.45, 2.75) is 45.4 Å². The minimum Gasteiger partial charge on any atom is -0.347 e. The Morgan fingerprint density at radius 2 is 1.69 bits per heavy atom. The summed E-state index contributed by atoms with van der Waals surface area (Å²) in [6.45, 7) is 14.5. The number of likely N-dealkylation sites (N-methyl/N-ethyl adjacent to an activating group) is 1. The zero-order chi connectivity index (χ0) is 23.8. The van der Waals surface area contributed by atoms with E-state index >= 15 is 0 Å². The highest BCUT2D eigenvalue weighted by Crippen LogP contribution is 2.47. The first kappa shape index (κ1) is 24.2. The van der Waals surface area contributed by atoms with Crippen molar-refractivity contribution < 1.29 is 8.78 Å². The van der Waals surface area contributed by atoms with Crippen molar-refractivity contribution in [2.75, 3.05) is 11.9 Å². The molecule has 0 unspecified atom stereocenters. The van der Waals surface area contributed by atoms with Gasteiger partial charge in [-0.25, -0.2) is 8.78 Å². The summed E-state index contributed by atoms with van der Waals surface area (Å²) in [5.41, 5.74) is 5.20. The monoisotopic (exact) mass is 497 g/mol. The molecule has 0 aromatic heterocycles. The van der Waals surface area contributed by atoms with E-state index in [1.54, 1.807) is 18.2 Å². The molecule has 168 valence electrons. The topological polar surface area (TPSA) is 3.24 Å². The fourth-order valence-electron chi connectivity index (χ4n) is 4.35. The van der Waals surface area contributed by atoms with Gasteiger partial charge in [-0.3, -0.25) is 0 Å². The fraction of sp³-hybridized carbons (Fsp3) is 0.286. The predicted molar refractivity (Wildman–Crippen MR) is 135 cm³/mol. The van der Waals surface area contributed by atoms with Gasteiger partial charge in [-0.1, -0.05) is 62.3 Å². The molecule has 1 aliphatic rings. The second kappa shape index (κ2) is 8.82. The average molecular weight is 498 g/mol. The van der Waals surface area contributed by atoms with Crippen molar-refractivity contribution in [3.8, 4) is 0 Å². The minimum absolute atomic E-state index is 0.221. The lowest BCUT2D eigenvalue weighted by Gasteiger charge is -2.28. The second-order valence-corrected chi connectivity index (χ2v) is 10.3. The van der Waals surface area contributed by atoms with Crippen molar-refractivity contribution in [2.24, 2.45) is 0 Å². The van der Waals surface area contributed by atoms with Crippen molar-refractivity contribution in [3.05, 3.63) is 111 Å². The van der Waals surface area contributed by atoms with Crippen LogP contribution in [0.2, 0.25) is 0 Å². The Hall–Kier alpha value is -2.46. The molecule has 0 radical (unpaired) electrons. The van der Waals surface area contributed by atoms with Gasteiger partial charge in [-0.2, -0.15) is 0 Å². The molecule has 0 saturated heterocycles. The maximum Gasteiger partial charge on any atom is 0.123 e. The second-order valence-electron chi connectivity index (χ2n) is 9.39. The molecular weight excluding hydrogens is 468 g/mol. The van der Waals surface area contributed by atoms with Crippen LogP contribution in [0.1, 0.15) is 44.4 Å². The summed E-state index contributed by atoms with van der Waals surface area (Å²) in [5, 5.41) is 0. The van der Waals surface area contributed by atoms with Gasteiger partial charge < -0.3 is 4.90 Å². The molecule has 0 spiro atoms. The van der Waals surface area contributed by atoms with Crippen molar-refractivity contribution >= 4 is 21.6 Å². The van der Waals surface area contributed by atoms with Gasteiger partial charge in [0.1, 0.15) is 11.6 Å². The summed E-state index contributed by atoms with van der Waals surface area (Å²) in [7, 11) is 2.00. The number of rotatable bonds is 5. The van der Waals surface area contributed by atoms with E-state index < -0.39 is 5.41 Å². The van der Waals surface area contributed by atoms with Crippen molar-refractivity contribution in [1.29, 1.82) is 0 Å². The Morgan fingerprint density at radius 1 is 1.06 bits per heavy atom. The molecule has 1 heterocycles. The summed E-state index contributed by atoms with van der Waals surface area (Å²) in [5.74, 6) is -0.465. The maximum atomic E-state index is 13.8. The number of aryl methyl sites for hydroxylation is 1. The smallest absolute Gasteiger partial charge is 0.123 e. The van der Waals surface area contributed by atoms with E-state index in [1.165, 1.54) is 12.1 Å². The molecule has 3 rings (SSSR count). The van der Waals surface area contributed by atoms with Gasteiger partial charge in [0, 0.05) is 33.7 Å². The van der Waals surface area contributed by atoms with Gasteiger partial charge in [-0.05, 0) is 77.7 Å². The molecule has 4 heteroatoms. The van der Waals surface area contributed by atoms with Crippen LogP contribution in [-0.2, 0) is 10.8 Å². The van der Waals surface area contributed by atoms with Gasteiger partial charge in [0.15, 0.2) is 0 Å². The van der Waals surface area contributed by atoms with Gasteiger partial charge in [0.2, 0.25) is 0 Å². The number of benzene rings is 2. The average Bonchev–Trinajstić information content (AvgIpc) is 2.91. The van der Waals surface area contributed by atoms with Crippen LogP contribution in [0.5, 0.6) is 0 Å². The zero-order valence-electron chi connectivity index (χ0n) is 19.6. The number of allylic oxidation sites excluding steroid dienone is 7. The molecule has 0 bridgehead atoms. The summed E-state index contributed by atoms with van der Waals surface area (Å²) in [6.07, 6.45) is 7.94. The third-order valence-corrected chi connectivity index (χ3v) is 7.04. The summed E-state index contributed by atoms with van der Waals surface area (Å²) >= 11 is 3.62. The number of halogens is 3. The van der Waals surface area contributed by atoms with Crippen LogP contribution < -0.4 is 4.90 Å². The highest BCUT2D eigenvalue weighted by molar-refractivity contribution is 9.11. The molecule has 2 aromatic rings. The van der Waals surface area contributed by atoms with Crippen LogP contribution in [0.15, 0.2) is 83.0 Å². The molecule has 1 nitrogen and oxygen atoms in total. The summed E-state index contributed by atoms with van der Waals surface area (Å²) in [6, 6.07) is 9.81. The van der Waals surface area contributed by atoms with Crippen LogP contribution in [0.3, 0.4) is 0 Å². The quantitative estimate of drug-likeness (QED) is 0.375. The Kier molecular flexibility index (Phi) is 6.67. The van der Waals surface area contributed by atoms with E-state index in [1.807, 2.05) is 52.1 Å². The highest BCUT2D eigenvalue weighted by Gasteiger charge is 2.38. The van der Waals surface area contributed by atoms with Crippen molar-refractivity contribution in [1.82, 2.24) is 0 Å². The Bertz CT molecular complexity index is 1150. The zero-order valence-corrected chi connectivity index (χ0v) is 21.1. The lowest BCUT2D eigenvalue weighted by atomic mass is 9.76. The summed E-state index contributed by atoms with van der Waals surface area (Å²) in [4.78, 5) is 2.10. The molecule has 0 fully saturated rings. The molecule has 0 amide bonds. The van der Waals surface area contributed by atoms with E-state index in [4.69, 9.17) is 0 Å². The highest BCUT2D eigenvalue weighted by atomic mass is 79.9. The Labute approximate surface area is 199 Å². The Morgan fingerprint density at radius 3 is 2.38 bits per heavy atom. The third-order valence-electron chi connectivity index (χ3n) is 6.51. The molecule has 0 N–H and O–H groups in total. The number of anilines is 1. The predicted octanol–water partition coefficient (Wildman–Crippen LogP) is 8.25. The number of fused-ring (bicyclic) bond motifs is 1. The SMILES string of the molecule is C=C(/C=C/C(Br)=C/C=C1/N(C)c2ccc(F)cc2C1(C)C)C(C)(C)c1cc(F)ccc1C. The first-order valence-electron chi connectivity index (χ1n) is 10.6. The fourth-order valence-corrected chi connectivity index (χ4v) is 4.62. The number of nitrogens with zero attached hydrogens (tertiary/aromatic N) is 1. The Balaban J connectivity index is 1.83. The third kappa shape index (κ3) is 4.52. The van der Waals surface area contributed by atoms with Gasteiger partial charge in [0.25, 0.3) is 0 Å². The first-order valence-corrected chi connectivity index (χ1v) is 11.4. The van der Waals surface area contributed by atoms with E-state index in [0.29, 0.717) is 0 Å². The molecule has 32 heavy (non-hydrogen) atoms. The van der Waals surface area contributed by atoms with Gasteiger partial charge in [-0.15, -0.1) is 0 Å². The van der Waals surface area contributed by atoms with E-state index in [2.05, 4.69) is 47.3 Å². The van der Waals surface area contributed by atoms with Gasteiger partial charge >= 0.3 is 0 Å².